The van der Waals surface area contributed by atoms with Crippen LogP contribution >= 0.6 is 11.8 Å². The summed E-state index contributed by atoms with van der Waals surface area (Å²) in [6.45, 7) is 0. The van der Waals surface area contributed by atoms with Crippen LogP contribution in [0.5, 0.6) is 5.75 Å². The van der Waals surface area contributed by atoms with E-state index in [9.17, 15) is 4.79 Å². The Bertz CT molecular complexity index is 1070. The number of Topliss-reactive ketones (excluding diaryl/α,β-unsaturated/α-hetero) is 1. The molecule has 4 rings (SSSR count). The first-order chi connectivity index (χ1) is 13.2. The van der Waals surface area contributed by atoms with Crippen LogP contribution in [0.3, 0.4) is 0 Å². The molecule has 0 aliphatic heterocycles. The van der Waals surface area contributed by atoms with Crippen LogP contribution in [0.25, 0.3) is 22.2 Å². The van der Waals surface area contributed by atoms with Gasteiger partial charge in [-0.15, -0.1) is 0 Å². The Hall–Kier alpha value is -3.05. The lowest BCUT2D eigenvalue weighted by Crippen LogP contribution is -2.02. The number of H-pyrrole nitrogens is 1. The van der Waals surface area contributed by atoms with E-state index >= 15 is 0 Å². The molecule has 134 valence electrons. The Kier molecular flexibility index (Phi) is 4.94. The third-order valence-corrected chi connectivity index (χ3v) is 5.19. The number of benzene rings is 3. The number of aromatic amines is 1. The third-order valence-electron chi connectivity index (χ3n) is 4.32. The van der Waals surface area contributed by atoms with Gasteiger partial charge in [0.05, 0.1) is 23.9 Å². The molecule has 0 atom stereocenters. The number of nitrogens with zero attached hydrogens (tertiary/aromatic N) is 1. The number of carbonyl (C=O) groups is 1. The Balaban J connectivity index is 1.43. The number of fused-ring (bicyclic) bond motifs is 1. The second-order valence-corrected chi connectivity index (χ2v) is 7.04. The minimum absolute atomic E-state index is 0.0812. The first-order valence-corrected chi connectivity index (χ1v) is 9.57. The number of rotatable bonds is 6. The lowest BCUT2D eigenvalue weighted by Gasteiger charge is -2.03. The smallest absolute Gasteiger partial charge is 0.173 e. The van der Waals surface area contributed by atoms with Crippen molar-refractivity contribution in [1.82, 2.24) is 9.97 Å². The van der Waals surface area contributed by atoms with Crippen molar-refractivity contribution >= 4 is 28.6 Å². The summed E-state index contributed by atoms with van der Waals surface area (Å²) in [6, 6.07) is 23.5. The summed E-state index contributed by atoms with van der Waals surface area (Å²) >= 11 is 1.41. The van der Waals surface area contributed by atoms with Gasteiger partial charge in [0.1, 0.15) is 5.75 Å². The Morgan fingerprint density at radius 2 is 1.74 bits per heavy atom. The maximum atomic E-state index is 12.5. The van der Waals surface area contributed by atoms with Crippen LogP contribution in [-0.4, -0.2) is 28.6 Å². The molecule has 0 aliphatic rings. The van der Waals surface area contributed by atoms with Crippen LogP contribution in [0.4, 0.5) is 0 Å². The molecule has 5 heteroatoms. The second-order valence-electron chi connectivity index (χ2n) is 6.08. The highest BCUT2D eigenvalue weighted by Gasteiger charge is 2.10. The molecule has 1 aromatic heterocycles. The summed E-state index contributed by atoms with van der Waals surface area (Å²) in [6.07, 6.45) is 0. The predicted octanol–water partition coefficient (Wildman–Crippen LogP) is 5.21. The first kappa shape index (κ1) is 17.4. The van der Waals surface area contributed by atoms with E-state index in [2.05, 4.69) is 22.1 Å². The zero-order valence-corrected chi connectivity index (χ0v) is 15.6. The Labute approximate surface area is 161 Å². The molecule has 0 saturated carbocycles. The van der Waals surface area contributed by atoms with Crippen molar-refractivity contribution in [3.05, 3.63) is 78.4 Å². The van der Waals surface area contributed by atoms with Crippen molar-refractivity contribution in [1.29, 1.82) is 0 Å². The predicted molar refractivity (Wildman–Crippen MR) is 110 cm³/mol. The fraction of sp³-hybridized carbons (Fsp3) is 0.0909. The van der Waals surface area contributed by atoms with E-state index in [0.717, 1.165) is 33.1 Å². The molecular formula is C22H18N2O2S. The van der Waals surface area contributed by atoms with E-state index in [1.54, 1.807) is 7.11 Å². The maximum absolute atomic E-state index is 12.5. The fourth-order valence-electron chi connectivity index (χ4n) is 2.86. The van der Waals surface area contributed by atoms with E-state index in [1.165, 1.54) is 11.8 Å². The molecule has 4 nitrogen and oxygen atoms in total. The van der Waals surface area contributed by atoms with Gasteiger partial charge in [-0.2, -0.15) is 0 Å². The van der Waals surface area contributed by atoms with E-state index in [4.69, 9.17) is 4.74 Å². The molecule has 0 amide bonds. The van der Waals surface area contributed by atoms with Gasteiger partial charge in [0, 0.05) is 11.6 Å². The highest BCUT2D eigenvalue weighted by Crippen LogP contribution is 2.24. The van der Waals surface area contributed by atoms with Crippen LogP contribution in [-0.2, 0) is 0 Å². The van der Waals surface area contributed by atoms with Gasteiger partial charge in [-0.25, -0.2) is 4.98 Å². The van der Waals surface area contributed by atoms with Crippen LogP contribution in [0, 0.1) is 0 Å². The number of hydrogen-bond acceptors (Lipinski definition) is 4. The minimum atomic E-state index is 0.0812. The van der Waals surface area contributed by atoms with Crippen molar-refractivity contribution < 1.29 is 9.53 Å². The molecule has 0 bridgehead atoms. The summed E-state index contributed by atoms with van der Waals surface area (Å²) in [5.41, 5.74) is 4.71. The number of methoxy groups -OCH3 is 1. The van der Waals surface area contributed by atoms with Crippen molar-refractivity contribution in [2.75, 3.05) is 12.9 Å². The van der Waals surface area contributed by atoms with Crippen molar-refractivity contribution in [3.63, 3.8) is 0 Å². The number of ether oxygens (including phenoxy) is 1. The quantitative estimate of drug-likeness (QED) is 0.372. The maximum Gasteiger partial charge on any atom is 0.173 e. The minimum Gasteiger partial charge on any atom is -0.497 e. The molecule has 0 spiro atoms. The summed E-state index contributed by atoms with van der Waals surface area (Å²) in [4.78, 5) is 20.2. The number of imidazole rings is 1. The van der Waals surface area contributed by atoms with E-state index in [-0.39, 0.29) is 5.78 Å². The number of aromatic nitrogens is 2. The summed E-state index contributed by atoms with van der Waals surface area (Å²) in [5.74, 6) is 1.19. The fourth-order valence-corrected chi connectivity index (χ4v) is 3.64. The molecule has 1 heterocycles. The van der Waals surface area contributed by atoms with Crippen LogP contribution < -0.4 is 4.74 Å². The lowest BCUT2D eigenvalue weighted by atomic mass is 10.0. The van der Waals surface area contributed by atoms with Crippen molar-refractivity contribution in [2.24, 2.45) is 0 Å². The number of carbonyl (C=O) groups excluding carboxylic acids is 1. The van der Waals surface area contributed by atoms with Gasteiger partial charge < -0.3 is 9.72 Å². The van der Waals surface area contributed by atoms with E-state index in [0.29, 0.717) is 11.3 Å². The normalized spacial score (nSPS) is 10.9. The Morgan fingerprint density at radius 3 is 2.48 bits per heavy atom. The molecule has 1 N–H and O–H groups in total. The van der Waals surface area contributed by atoms with Gasteiger partial charge >= 0.3 is 0 Å². The van der Waals surface area contributed by atoms with Gasteiger partial charge in [-0.1, -0.05) is 66.4 Å². The van der Waals surface area contributed by atoms with Gasteiger partial charge in [0.25, 0.3) is 0 Å². The molecule has 27 heavy (non-hydrogen) atoms. The monoisotopic (exact) mass is 374 g/mol. The van der Waals surface area contributed by atoms with Crippen LogP contribution in [0.1, 0.15) is 10.4 Å². The van der Waals surface area contributed by atoms with Crippen molar-refractivity contribution in [2.45, 2.75) is 5.16 Å². The first-order valence-electron chi connectivity index (χ1n) is 8.58. The largest absolute Gasteiger partial charge is 0.497 e. The molecule has 0 aliphatic carbocycles. The van der Waals surface area contributed by atoms with Crippen molar-refractivity contribution in [3.8, 4) is 16.9 Å². The average molecular weight is 374 g/mol. The number of ketones is 1. The van der Waals surface area contributed by atoms with E-state index < -0.39 is 0 Å². The van der Waals surface area contributed by atoms with Gasteiger partial charge in [0.2, 0.25) is 0 Å². The van der Waals surface area contributed by atoms with E-state index in [1.807, 2.05) is 60.7 Å². The zero-order chi connectivity index (χ0) is 18.6. The molecule has 0 fully saturated rings. The highest BCUT2D eigenvalue weighted by atomic mass is 32.2. The van der Waals surface area contributed by atoms with Gasteiger partial charge in [-0.05, 0) is 23.3 Å². The number of hydrogen-bond donors (Lipinski definition) is 1. The summed E-state index contributed by atoms with van der Waals surface area (Å²) in [5, 5.41) is 0.729. The summed E-state index contributed by atoms with van der Waals surface area (Å²) in [7, 11) is 1.63. The Morgan fingerprint density at radius 1 is 1.00 bits per heavy atom. The van der Waals surface area contributed by atoms with Crippen LogP contribution in [0.2, 0.25) is 0 Å². The molecule has 0 radical (unpaired) electrons. The summed E-state index contributed by atoms with van der Waals surface area (Å²) < 4.78 is 5.22. The van der Waals surface area contributed by atoms with Gasteiger partial charge in [0.15, 0.2) is 10.9 Å². The number of thioether (sulfide) groups is 1. The van der Waals surface area contributed by atoms with Gasteiger partial charge in [-0.3, -0.25) is 4.79 Å². The average Bonchev–Trinajstić information content (AvgIpc) is 3.14. The molecule has 0 unspecified atom stereocenters. The third kappa shape index (κ3) is 3.88. The molecule has 4 aromatic rings. The second kappa shape index (κ2) is 7.68. The molecule has 0 saturated heterocycles. The molecular weight excluding hydrogens is 356 g/mol. The topological polar surface area (TPSA) is 55.0 Å². The van der Waals surface area contributed by atoms with Crippen LogP contribution in [0.15, 0.2) is 78.0 Å². The number of nitrogens with one attached hydrogen (secondary N) is 1. The standard InChI is InChI=1S/C22H18N2O2S/c1-26-18-11-12-19-20(13-18)24-22(23-19)27-14-21(25)17-9-7-16(8-10-17)15-5-3-2-4-6-15/h2-13H,14H2,1H3,(H,23,24). The zero-order valence-electron chi connectivity index (χ0n) is 14.8. The lowest BCUT2D eigenvalue weighted by molar-refractivity contribution is 0.102. The SMILES string of the molecule is COc1ccc2nc(SCC(=O)c3ccc(-c4ccccc4)cc3)[nH]c2c1. The molecule has 3 aromatic carbocycles. The highest BCUT2D eigenvalue weighted by molar-refractivity contribution is 7.99.